The summed E-state index contributed by atoms with van der Waals surface area (Å²) in [5.41, 5.74) is 16.7. The van der Waals surface area contributed by atoms with Crippen LogP contribution in [0.5, 0.6) is 0 Å². The molecular weight excluding hydrogens is 354 g/mol. The molecule has 0 aliphatic heterocycles. The molecule has 0 heterocycles. The molecule has 0 aromatic heterocycles. The summed E-state index contributed by atoms with van der Waals surface area (Å²) in [5, 5.41) is 0. The summed E-state index contributed by atoms with van der Waals surface area (Å²) in [5.74, 6) is 0. The van der Waals surface area contributed by atoms with Crippen LogP contribution in [-0.4, -0.2) is 32.3 Å². The summed E-state index contributed by atoms with van der Waals surface area (Å²) in [6, 6.07) is 0. The molecule has 0 amide bonds. The summed E-state index contributed by atoms with van der Waals surface area (Å²) < 4.78 is 27.5. The topological polar surface area (TPSA) is 114 Å². The summed E-state index contributed by atoms with van der Waals surface area (Å²) in [6.07, 6.45) is 8.31. The molecular formula is C18H43N3O3Ti. The molecule has 0 saturated heterocycles. The number of hydrogen-bond acceptors (Lipinski definition) is 6. The van der Waals surface area contributed by atoms with Gasteiger partial charge in [-0.15, -0.1) is 0 Å². The average Bonchev–Trinajstić information content (AvgIpc) is 2.55. The Labute approximate surface area is 156 Å². The van der Waals surface area contributed by atoms with E-state index in [1.54, 1.807) is 0 Å². The first-order valence-corrected chi connectivity index (χ1v) is 14.3. The molecule has 0 aromatic carbocycles. The first-order chi connectivity index (χ1) is 11.9. The molecule has 0 atom stereocenters. The van der Waals surface area contributed by atoms with Crippen LogP contribution in [0, 0.1) is 0 Å². The Kier molecular flexibility index (Phi) is 14.6. The van der Waals surface area contributed by atoms with E-state index in [4.69, 9.17) is 23.8 Å². The van der Waals surface area contributed by atoms with Crippen molar-refractivity contribution in [2.45, 2.75) is 87.2 Å². The van der Waals surface area contributed by atoms with Crippen molar-refractivity contribution >= 4 is 0 Å². The van der Waals surface area contributed by atoms with Gasteiger partial charge in [-0.2, -0.15) is 0 Å². The molecule has 0 fully saturated rings. The van der Waals surface area contributed by atoms with Crippen LogP contribution < -0.4 is 17.2 Å². The fourth-order valence-electron chi connectivity index (χ4n) is 3.25. The second-order valence-electron chi connectivity index (χ2n) is 7.43. The Hall–Kier alpha value is 0.314. The summed E-state index contributed by atoms with van der Waals surface area (Å²) >= 11 is -4.68. The molecule has 7 heteroatoms. The molecule has 0 unspecified atom stereocenters. The zero-order chi connectivity index (χ0) is 19.0. The summed E-state index contributed by atoms with van der Waals surface area (Å²) in [6.45, 7) is 6.41. The van der Waals surface area contributed by atoms with Gasteiger partial charge in [-0.25, -0.2) is 0 Å². The van der Waals surface area contributed by atoms with E-state index in [-0.39, 0.29) is 6.10 Å². The third kappa shape index (κ3) is 12.3. The predicted molar refractivity (Wildman–Crippen MR) is 101 cm³/mol. The van der Waals surface area contributed by atoms with Gasteiger partial charge in [0.05, 0.1) is 0 Å². The average molecular weight is 397 g/mol. The van der Waals surface area contributed by atoms with Crippen LogP contribution in [0.3, 0.4) is 0 Å². The molecule has 0 aromatic rings. The molecule has 0 bridgehead atoms. The van der Waals surface area contributed by atoms with Gasteiger partial charge < -0.3 is 0 Å². The summed E-state index contributed by atoms with van der Waals surface area (Å²) in [4.78, 5) is 0. The SMILES string of the molecule is CC(C)[O][Ti](=[O])([CH2]CCCCN)([CH2]CCCCN)[O]CCCCCN. The monoisotopic (exact) mass is 397 g/mol. The third-order valence-corrected chi connectivity index (χ3v) is 11.5. The number of nitrogens with two attached hydrogens (primary N) is 3. The van der Waals surface area contributed by atoms with Gasteiger partial charge in [0.15, 0.2) is 0 Å². The van der Waals surface area contributed by atoms with Crippen LogP contribution >= 0.6 is 0 Å². The van der Waals surface area contributed by atoms with Crippen LogP contribution in [0.25, 0.3) is 0 Å². The fourth-order valence-corrected chi connectivity index (χ4v) is 10.1. The van der Waals surface area contributed by atoms with Gasteiger partial charge in [0.25, 0.3) is 0 Å². The molecule has 0 rings (SSSR count). The van der Waals surface area contributed by atoms with Gasteiger partial charge in [-0.3, -0.25) is 0 Å². The molecule has 0 spiro atoms. The first-order valence-electron chi connectivity index (χ1n) is 10.2. The van der Waals surface area contributed by atoms with Gasteiger partial charge in [0, 0.05) is 0 Å². The van der Waals surface area contributed by atoms with Gasteiger partial charge >= 0.3 is 157 Å². The number of hydrogen-bond donors (Lipinski definition) is 3. The first kappa shape index (κ1) is 25.3. The molecule has 6 N–H and O–H groups in total. The molecule has 0 radical (unpaired) electrons. The van der Waals surface area contributed by atoms with Crippen molar-refractivity contribution in [1.29, 1.82) is 0 Å². The normalized spacial score (nSPS) is 12.9. The maximum atomic E-state index is 14.1. The maximum absolute atomic E-state index is 14.1. The zero-order valence-electron chi connectivity index (χ0n) is 16.6. The van der Waals surface area contributed by atoms with Gasteiger partial charge in [-0.05, 0) is 0 Å². The van der Waals surface area contributed by atoms with Crippen LogP contribution in [0.1, 0.15) is 71.6 Å². The van der Waals surface area contributed by atoms with Crippen molar-refractivity contribution in [2.75, 3.05) is 26.2 Å². The number of unbranched alkanes of at least 4 members (excludes halogenated alkanes) is 6. The van der Waals surface area contributed by atoms with Crippen LogP contribution in [0.15, 0.2) is 0 Å². The molecule has 0 saturated carbocycles. The van der Waals surface area contributed by atoms with Crippen molar-refractivity contribution in [3.05, 3.63) is 0 Å². The van der Waals surface area contributed by atoms with E-state index >= 15 is 0 Å². The molecule has 25 heavy (non-hydrogen) atoms. The zero-order valence-corrected chi connectivity index (χ0v) is 18.2. The Morgan fingerprint density at radius 2 is 1.16 bits per heavy atom. The molecule has 0 aliphatic carbocycles. The van der Waals surface area contributed by atoms with Crippen LogP contribution in [-0.2, 0) is 26.0 Å². The van der Waals surface area contributed by atoms with E-state index < -0.39 is 16.1 Å². The van der Waals surface area contributed by atoms with E-state index in [1.807, 2.05) is 13.8 Å². The van der Waals surface area contributed by atoms with Crippen LogP contribution in [0.2, 0.25) is 9.45 Å². The van der Waals surface area contributed by atoms with E-state index in [2.05, 4.69) is 0 Å². The second-order valence-corrected chi connectivity index (χ2v) is 14.1. The van der Waals surface area contributed by atoms with Gasteiger partial charge in [0.2, 0.25) is 0 Å². The van der Waals surface area contributed by atoms with Crippen molar-refractivity contribution in [3.63, 3.8) is 0 Å². The van der Waals surface area contributed by atoms with Crippen molar-refractivity contribution in [3.8, 4) is 0 Å². The predicted octanol–water partition coefficient (Wildman–Crippen LogP) is 3.52. The molecule has 152 valence electrons. The Bertz CT molecular complexity index is 363. The summed E-state index contributed by atoms with van der Waals surface area (Å²) in [7, 11) is 0. The quantitative estimate of drug-likeness (QED) is 0.241. The van der Waals surface area contributed by atoms with Gasteiger partial charge in [-0.1, -0.05) is 0 Å². The van der Waals surface area contributed by atoms with Crippen LogP contribution in [0.4, 0.5) is 0 Å². The van der Waals surface area contributed by atoms with E-state index in [0.717, 1.165) is 57.8 Å². The van der Waals surface area contributed by atoms with E-state index in [0.29, 0.717) is 35.7 Å². The van der Waals surface area contributed by atoms with Crippen molar-refractivity contribution in [2.24, 2.45) is 17.2 Å². The van der Waals surface area contributed by atoms with E-state index in [9.17, 15) is 3.32 Å². The van der Waals surface area contributed by atoms with Gasteiger partial charge in [0.1, 0.15) is 0 Å². The molecule has 0 aliphatic rings. The van der Waals surface area contributed by atoms with Crippen molar-refractivity contribution in [1.82, 2.24) is 0 Å². The Morgan fingerprint density at radius 1 is 0.720 bits per heavy atom. The minimum absolute atomic E-state index is 0.0949. The third-order valence-electron chi connectivity index (χ3n) is 4.50. The second kappa shape index (κ2) is 14.4. The Balaban J connectivity index is 4.94. The molecule has 6 nitrogen and oxygen atoms in total. The van der Waals surface area contributed by atoms with Crippen molar-refractivity contribution < 1.29 is 26.0 Å². The standard InChI is InChI=1S/C5H12NO.2C5H12N.C3H7O.O.Ti/c6-4-2-1-3-5-7;2*1-2-3-4-5-6;1-3(2)4;;/h1-6H2;2*1-6H2;3H,1-2H3;;/q-1;;;-1;;+2. The van der Waals surface area contributed by atoms with E-state index in [1.165, 1.54) is 0 Å². The Morgan fingerprint density at radius 3 is 1.56 bits per heavy atom. The number of rotatable bonds is 18. The fraction of sp³-hybridized carbons (Fsp3) is 1.00. The minimum atomic E-state index is -4.68.